The van der Waals surface area contributed by atoms with Crippen molar-refractivity contribution in [3.05, 3.63) is 68.7 Å². The Hall–Kier alpha value is -1.02. The minimum absolute atomic E-state index is 0.136. The van der Waals surface area contributed by atoms with Crippen LogP contribution in [-0.4, -0.2) is 6.54 Å². The van der Waals surface area contributed by atoms with Crippen LogP contribution < -0.4 is 5.73 Å². The molecule has 0 spiro atoms. The first-order chi connectivity index (χ1) is 9.51. The summed E-state index contributed by atoms with van der Waals surface area (Å²) >= 11 is 12.6. The van der Waals surface area contributed by atoms with Crippen LogP contribution in [0.5, 0.6) is 0 Å². The number of halogens is 2. The van der Waals surface area contributed by atoms with Gasteiger partial charge in [-0.25, -0.2) is 0 Å². The fourth-order valence-corrected chi connectivity index (χ4v) is 3.38. The molecule has 2 rings (SSSR count). The fraction of sp³-hybridized carbons (Fsp3) is 0.294. The maximum atomic E-state index is 6.29. The predicted molar refractivity (Wildman–Crippen MR) is 87.9 cm³/mol. The molecular weight excluding hydrogens is 289 g/mol. The monoisotopic (exact) mass is 307 g/mol. The van der Waals surface area contributed by atoms with Crippen LogP contribution in [0.3, 0.4) is 0 Å². The molecule has 0 aliphatic carbocycles. The summed E-state index contributed by atoms with van der Waals surface area (Å²) in [6, 6.07) is 12.2. The van der Waals surface area contributed by atoms with Crippen LogP contribution in [0.25, 0.3) is 0 Å². The Balaban J connectivity index is 2.34. The largest absolute Gasteiger partial charge is 0.330 e. The molecule has 2 aromatic carbocycles. The van der Waals surface area contributed by atoms with Gasteiger partial charge in [-0.1, -0.05) is 58.6 Å². The summed E-state index contributed by atoms with van der Waals surface area (Å²) < 4.78 is 0. The highest BCUT2D eigenvalue weighted by atomic mass is 35.5. The number of benzene rings is 2. The standard InChI is InChI=1S/C17H19Cl2N/c1-11-6-12(2)8-13(7-11)9-14(10-20)17-15(18)4-3-5-16(17)19/h3-8,14H,9-10,20H2,1-2H3. The summed E-state index contributed by atoms with van der Waals surface area (Å²) in [6.07, 6.45) is 0.850. The summed E-state index contributed by atoms with van der Waals surface area (Å²) in [7, 11) is 0. The van der Waals surface area contributed by atoms with Crippen molar-refractivity contribution in [1.82, 2.24) is 0 Å². The molecular formula is C17H19Cl2N. The van der Waals surface area contributed by atoms with Gasteiger partial charge in [0.15, 0.2) is 0 Å². The van der Waals surface area contributed by atoms with Crippen molar-refractivity contribution >= 4 is 23.2 Å². The number of aryl methyl sites for hydroxylation is 2. The molecule has 2 N–H and O–H groups in total. The maximum Gasteiger partial charge on any atom is 0.0456 e. The molecule has 0 saturated heterocycles. The van der Waals surface area contributed by atoms with Crippen LogP contribution in [-0.2, 0) is 6.42 Å². The van der Waals surface area contributed by atoms with Gasteiger partial charge < -0.3 is 5.73 Å². The average molecular weight is 308 g/mol. The van der Waals surface area contributed by atoms with E-state index in [1.807, 2.05) is 18.2 Å². The molecule has 1 unspecified atom stereocenters. The summed E-state index contributed by atoms with van der Waals surface area (Å²) in [5, 5.41) is 1.38. The van der Waals surface area contributed by atoms with Gasteiger partial charge in [-0.3, -0.25) is 0 Å². The Morgan fingerprint density at radius 1 is 1.00 bits per heavy atom. The molecule has 20 heavy (non-hydrogen) atoms. The zero-order valence-corrected chi connectivity index (χ0v) is 13.3. The Morgan fingerprint density at radius 2 is 1.55 bits per heavy atom. The summed E-state index contributed by atoms with van der Waals surface area (Å²) in [5.74, 6) is 0.136. The van der Waals surface area contributed by atoms with Gasteiger partial charge in [-0.15, -0.1) is 0 Å². The highest BCUT2D eigenvalue weighted by Crippen LogP contribution is 2.33. The van der Waals surface area contributed by atoms with Crippen molar-refractivity contribution in [1.29, 1.82) is 0 Å². The van der Waals surface area contributed by atoms with E-state index in [0.717, 1.165) is 12.0 Å². The smallest absolute Gasteiger partial charge is 0.0456 e. The Bertz CT molecular complexity index is 567. The van der Waals surface area contributed by atoms with Gasteiger partial charge in [0.2, 0.25) is 0 Å². The third-order valence-corrected chi connectivity index (χ3v) is 4.12. The first kappa shape index (κ1) is 15.4. The molecule has 3 heteroatoms. The van der Waals surface area contributed by atoms with E-state index in [1.165, 1.54) is 16.7 Å². The highest BCUT2D eigenvalue weighted by Gasteiger charge is 2.17. The molecule has 0 fully saturated rings. The van der Waals surface area contributed by atoms with E-state index in [9.17, 15) is 0 Å². The maximum absolute atomic E-state index is 6.29. The van der Waals surface area contributed by atoms with E-state index in [4.69, 9.17) is 28.9 Å². The quantitative estimate of drug-likeness (QED) is 0.854. The molecule has 0 radical (unpaired) electrons. The van der Waals surface area contributed by atoms with Crippen LogP contribution in [0.15, 0.2) is 36.4 Å². The van der Waals surface area contributed by atoms with E-state index >= 15 is 0 Å². The minimum atomic E-state index is 0.136. The molecule has 1 nitrogen and oxygen atoms in total. The lowest BCUT2D eigenvalue weighted by Gasteiger charge is -2.19. The highest BCUT2D eigenvalue weighted by molar-refractivity contribution is 6.36. The van der Waals surface area contributed by atoms with Crippen molar-refractivity contribution in [3.63, 3.8) is 0 Å². The SMILES string of the molecule is Cc1cc(C)cc(CC(CN)c2c(Cl)cccc2Cl)c1. The van der Waals surface area contributed by atoms with Crippen LogP contribution in [0, 0.1) is 13.8 Å². The molecule has 0 aromatic heterocycles. The van der Waals surface area contributed by atoms with Gasteiger partial charge in [0.05, 0.1) is 0 Å². The number of rotatable bonds is 4. The van der Waals surface area contributed by atoms with Gasteiger partial charge in [0, 0.05) is 16.0 Å². The second-order valence-electron chi connectivity index (χ2n) is 5.27. The lowest BCUT2D eigenvalue weighted by Crippen LogP contribution is -2.16. The van der Waals surface area contributed by atoms with Crippen LogP contribution >= 0.6 is 23.2 Å². The fourth-order valence-electron chi connectivity index (χ4n) is 2.68. The molecule has 2 aromatic rings. The molecule has 0 aliphatic rings. The van der Waals surface area contributed by atoms with E-state index in [1.54, 1.807) is 0 Å². The molecule has 0 bridgehead atoms. The van der Waals surface area contributed by atoms with Crippen molar-refractivity contribution in [3.8, 4) is 0 Å². The lowest BCUT2D eigenvalue weighted by molar-refractivity contribution is 0.694. The second-order valence-corrected chi connectivity index (χ2v) is 6.08. The van der Waals surface area contributed by atoms with E-state index in [2.05, 4.69) is 32.0 Å². The first-order valence-electron chi connectivity index (χ1n) is 6.72. The Morgan fingerprint density at radius 3 is 2.05 bits per heavy atom. The number of nitrogens with two attached hydrogens (primary N) is 1. The first-order valence-corrected chi connectivity index (χ1v) is 7.48. The normalized spacial score (nSPS) is 12.4. The zero-order chi connectivity index (χ0) is 14.7. The van der Waals surface area contributed by atoms with Crippen molar-refractivity contribution in [2.75, 3.05) is 6.54 Å². The Labute approximate surface area is 130 Å². The van der Waals surface area contributed by atoms with Crippen molar-refractivity contribution in [2.45, 2.75) is 26.2 Å². The van der Waals surface area contributed by atoms with Crippen LogP contribution in [0.1, 0.15) is 28.2 Å². The molecule has 0 saturated carbocycles. The molecule has 0 heterocycles. The summed E-state index contributed by atoms with van der Waals surface area (Å²) in [5.41, 5.74) is 10.7. The van der Waals surface area contributed by atoms with Gasteiger partial charge in [-0.05, 0) is 50.1 Å². The van der Waals surface area contributed by atoms with Gasteiger partial charge in [0.1, 0.15) is 0 Å². The summed E-state index contributed by atoms with van der Waals surface area (Å²) in [4.78, 5) is 0. The van der Waals surface area contributed by atoms with Crippen molar-refractivity contribution < 1.29 is 0 Å². The van der Waals surface area contributed by atoms with Gasteiger partial charge in [0.25, 0.3) is 0 Å². The Kier molecular flexibility index (Phi) is 5.09. The number of hydrogen-bond acceptors (Lipinski definition) is 1. The van der Waals surface area contributed by atoms with E-state index in [-0.39, 0.29) is 5.92 Å². The molecule has 106 valence electrons. The molecule has 1 atom stereocenters. The van der Waals surface area contributed by atoms with E-state index in [0.29, 0.717) is 16.6 Å². The minimum Gasteiger partial charge on any atom is -0.330 e. The summed E-state index contributed by atoms with van der Waals surface area (Å²) in [6.45, 7) is 4.74. The van der Waals surface area contributed by atoms with Crippen LogP contribution in [0.4, 0.5) is 0 Å². The molecule has 0 amide bonds. The van der Waals surface area contributed by atoms with Crippen LogP contribution in [0.2, 0.25) is 10.0 Å². The lowest BCUT2D eigenvalue weighted by atomic mass is 9.90. The topological polar surface area (TPSA) is 26.0 Å². The molecule has 0 aliphatic heterocycles. The zero-order valence-electron chi connectivity index (χ0n) is 11.8. The van der Waals surface area contributed by atoms with Gasteiger partial charge in [-0.2, -0.15) is 0 Å². The average Bonchev–Trinajstić information content (AvgIpc) is 2.36. The van der Waals surface area contributed by atoms with E-state index < -0.39 is 0 Å². The number of hydrogen-bond donors (Lipinski definition) is 1. The third-order valence-electron chi connectivity index (χ3n) is 3.46. The van der Waals surface area contributed by atoms with Gasteiger partial charge >= 0.3 is 0 Å². The third kappa shape index (κ3) is 3.54. The van der Waals surface area contributed by atoms with Crippen molar-refractivity contribution in [2.24, 2.45) is 5.73 Å². The predicted octanol–water partition coefficient (Wildman–Crippen LogP) is 4.90. The second kappa shape index (κ2) is 6.62.